The minimum absolute atomic E-state index is 0.0850. The number of carboxylic acid groups (broad SMARTS) is 1. The molecule has 0 spiro atoms. The Labute approximate surface area is 115 Å². The molecule has 0 fully saturated rings. The van der Waals surface area contributed by atoms with Crippen molar-refractivity contribution in [3.05, 3.63) is 33.9 Å². The van der Waals surface area contributed by atoms with Crippen LogP contribution in [-0.4, -0.2) is 34.0 Å². The standard InChI is InChI=1S/C12H16N2O4S/c1-8(5-6-19-2)13-10-4-3-9(12(15)16)7-11(10)14(17)18/h3-4,7-8,13H,5-6H2,1-2H3,(H,15,16). The summed E-state index contributed by atoms with van der Waals surface area (Å²) in [6.07, 6.45) is 2.87. The number of rotatable bonds is 7. The fourth-order valence-electron chi connectivity index (χ4n) is 1.57. The molecule has 1 rings (SSSR count). The van der Waals surface area contributed by atoms with E-state index < -0.39 is 10.9 Å². The first-order valence-electron chi connectivity index (χ1n) is 5.73. The molecule has 1 aromatic rings. The molecule has 0 aliphatic heterocycles. The molecule has 104 valence electrons. The first kappa shape index (κ1) is 15.3. The fourth-order valence-corrected chi connectivity index (χ4v) is 2.16. The Bertz CT molecular complexity index is 479. The third kappa shape index (κ3) is 4.44. The number of nitro benzene ring substituents is 1. The van der Waals surface area contributed by atoms with Crippen LogP contribution in [0.2, 0.25) is 0 Å². The average Bonchev–Trinajstić information content (AvgIpc) is 2.36. The molecule has 0 bridgehead atoms. The van der Waals surface area contributed by atoms with Gasteiger partial charge in [-0.15, -0.1) is 0 Å². The summed E-state index contributed by atoms with van der Waals surface area (Å²) in [5, 5.41) is 22.8. The van der Waals surface area contributed by atoms with Gasteiger partial charge in [-0.25, -0.2) is 4.79 Å². The molecule has 0 saturated carbocycles. The lowest BCUT2D eigenvalue weighted by atomic mass is 10.1. The minimum Gasteiger partial charge on any atom is -0.478 e. The molecule has 0 heterocycles. The number of hydrogen-bond acceptors (Lipinski definition) is 5. The van der Waals surface area contributed by atoms with E-state index in [2.05, 4.69) is 5.32 Å². The lowest BCUT2D eigenvalue weighted by molar-refractivity contribution is -0.384. The largest absolute Gasteiger partial charge is 0.478 e. The normalized spacial score (nSPS) is 11.9. The molecule has 0 radical (unpaired) electrons. The minimum atomic E-state index is -1.18. The summed E-state index contributed by atoms with van der Waals surface area (Å²) in [5.74, 6) is -0.222. The van der Waals surface area contributed by atoms with Crippen molar-refractivity contribution in [2.75, 3.05) is 17.3 Å². The Hall–Kier alpha value is -1.76. The molecular formula is C12H16N2O4S. The molecule has 0 aromatic heterocycles. The van der Waals surface area contributed by atoms with E-state index in [1.165, 1.54) is 12.1 Å². The monoisotopic (exact) mass is 284 g/mol. The number of thioether (sulfide) groups is 1. The smallest absolute Gasteiger partial charge is 0.335 e. The van der Waals surface area contributed by atoms with Gasteiger partial charge in [-0.05, 0) is 37.5 Å². The zero-order valence-corrected chi connectivity index (χ0v) is 11.6. The zero-order valence-electron chi connectivity index (χ0n) is 10.8. The number of nitrogens with zero attached hydrogens (tertiary/aromatic N) is 1. The highest BCUT2D eigenvalue weighted by molar-refractivity contribution is 7.98. The maximum absolute atomic E-state index is 11.0. The van der Waals surface area contributed by atoms with Crippen LogP contribution in [0.1, 0.15) is 23.7 Å². The van der Waals surface area contributed by atoms with Gasteiger partial charge in [0.25, 0.3) is 5.69 Å². The molecule has 0 saturated heterocycles. The molecule has 1 aromatic carbocycles. The van der Waals surface area contributed by atoms with Crippen molar-refractivity contribution >= 4 is 29.1 Å². The molecule has 2 N–H and O–H groups in total. The van der Waals surface area contributed by atoms with E-state index in [-0.39, 0.29) is 17.3 Å². The SMILES string of the molecule is CSCCC(C)Nc1ccc(C(=O)O)cc1[N+](=O)[O-]. The van der Waals surface area contributed by atoms with E-state index in [1.54, 1.807) is 11.8 Å². The number of benzene rings is 1. The van der Waals surface area contributed by atoms with Crippen molar-refractivity contribution in [2.24, 2.45) is 0 Å². The summed E-state index contributed by atoms with van der Waals surface area (Å²) < 4.78 is 0. The number of nitro groups is 1. The van der Waals surface area contributed by atoms with Crippen molar-refractivity contribution in [2.45, 2.75) is 19.4 Å². The van der Waals surface area contributed by atoms with Crippen molar-refractivity contribution < 1.29 is 14.8 Å². The van der Waals surface area contributed by atoms with Crippen molar-refractivity contribution in [1.82, 2.24) is 0 Å². The highest BCUT2D eigenvalue weighted by Crippen LogP contribution is 2.26. The number of aromatic carboxylic acids is 1. The van der Waals surface area contributed by atoms with E-state index in [1.807, 2.05) is 13.2 Å². The van der Waals surface area contributed by atoms with Gasteiger partial charge in [0, 0.05) is 12.1 Å². The van der Waals surface area contributed by atoms with Crippen molar-refractivity contribution in [3.8, 4) is 0 Å². The summed E-state index contributed by atoms with van der Waals surface area (Å²) in [6, 6.07) is 3.96. The molecule has 1 unspecified atom stereocenters. The van der Waals surface area contributed by atoms with Gasteiger partial charge < -0.3 is 10.4 Å². The van der Waals surface area contributed by atoms with Gasteiger partial charge in [-0.3, -0.25) is 10.1 Å². The third-order valence-electron chi connectivity index (χ3n) is 2.60. The predicted molar refractivity (Wildman–Crippen MR) is 76.1 cm³/mol. The van der Waals surface area contributed by atoms with Crippen LogP contribution in [0.5, 0.6) is 0 Å². The Morgan fingerprint density at radius 3 is 2.79 bits per heavy atom. The fraction of sp³-hybridized carbons (Fsp3) is 0.417. The van der Waals surface area contributed by atoms with Gasteiger partial charge in [-0.2, -0.15) is 11.8 Å². The van der Waals surface area contributed by atoms with Crippen LogP contribution in [0, 0.1) is 10.1 Å². The first-order valence-corrected chi connectivity index (χ1v) is 7.12. The van der Waals surface area contributed by atoms with E-state index in [9.17, 15) is 14.9 Å². The van der Waals surface area contributed by atoms with Gasteiger partial charge >= 0.3 is 5.97 Å². The highest BCUT2D eigenvalue weighted by atomic mass is 32.2. The molecule has 0 amide bonds. The molecule has 1 atom stereocenters. The zero-order chi connectivity index (χ0) is 14.4. The second kappa shape index (κ2) is 6.98. The summed E-state index contributed by atoms with van der Waals surface area (Å²) in [7, 11) is 0. The maximum Gasteiger partial charge on any atom is 0.335 e. The number of carboxylic acids is 1. The lowest BCUT2D eigenvalue weighted by Gasteiger charge is -2.14. The van der Waals surface area contributed by atoms with Gasteiger partial charge in [0.05, 0.1) is 10.5 Å². The average molecular weight is 284 g/mol. The topological polar surface area (TPSA) is 92.5 Å². The van der Waals surface area contributed by atoms with E-state index in [4.69, 9.17) is 5.11 Å². The summed E-state index contributed by atoms with van der Waals surface area (Å²) in [6.45, 7) is 1.94. The number of carbonyl (C=O) groups is 1. The second-order valence-corrected chi connectivity index (χ2v) is 5.11. The van der Waals surface area contributed by atoms with Crippen LogP contribution in [0.25, 0.3) is 0 Å². The van der Waals surface area contributed by atoms with Crippen LogP contribution >= 0.6 is 11.8 Å². The van der Waals surface area contributed by atoms with E-state index >= 15 is 0 Å². The van der Waals surface area contributed by atoms with Crippen molar-refractivity contribution in [3.63, 3.8) is 0 Å². The maximum atomic E-state index is 11.0. The summed E-state index contributed by atoms with van der Waals surface area (Å²) in [5.41, 5.74) is 0.0496. The second-order valence-electron chi connectivity index (χ2n) is 4.12. The molecular weight excluding hydrogens is 268 g/mol. The van der Waals surface area contributed by atoms with Gasteiger partial charge in [0.15, 0.2) is 0 Å². The van der Waals surface area contributed by atoms with E-state index in [0.29, 0.717) is 5.69 Å². The van der Waals surface area contributed by atoms with Crippen LogP contribution in [-0.2, 0) is 0 Å². The van der Waals surface area contributed by atoms with Crippen LogP contribution < -0.4 is 5.32 Å². The summed E-state index contributed by atoms with van der Waals surface area (Å²) >= 11 is 1.71. The number of hydrogen-bond donors (Lipinski definition) is 2. The van der Waals surface area contributed by atoms with Crippen LogP contribution in [0.3, 0.4) is 0 Å². The first-order chi connectivity index (χ1) is 8.95. The molecule has 0 aliphatic rings. The predicted octanol–water partition coefficient (Wildman–Crippen LogP) is 2.85. The Balaban J connectivity index is 2.94. The third-order valence-corrected chi connectivity index (χ3v) is 3.24. The Morgan fingerprint density at radius 2 is 2.26 bits per heavy atom. The van der Waals surface area contributed by atoms with Crippen LogP contribution in [0.15, 0.2) is 18.2 Å². The molecule has 19 heavy (non-hydrogen) atoms. The van der Waals surface area contributed by atoms with Gasteiger partial charge in [-0.1, -0.05) is 0 Å². The van der Waals surface area contributed by atoms with Crippen LogP contribution in [0.4, 0.5) is 11.4 Å². The van der Waals surface area contributed by atoms with E-state index in [0.717, 1.165) is 18.2 Å². The van der Waals surface area contributed by atoms with Gasteiger partial charge in [0.1, 0.15) is 5.69 Å². The lowest BCUT2D eigenvalue weighted by Crippen LogP contribution is -2.17. The summed E-state index contributed by atoms with van der Waals surface area (Å²) in [4.78, 5) is 21.2. The molecule has 7 heteroatoms. The molecule has 0 aliphatic carbocycles. The number of nitrogens with one attached hydrogen (secondary N) is 1. The quantitative estimate of drug-likeness (QED) is 0.591. The molecule has 6 nitrogen and oxygen atoms in total. The van der Waals surface area contributed by atoms with Crippen molar-refractivity contribution in [1.29, 1.82) is 0 Å². The number of anilines is 1. The Kier molecular flexibility index (Phi) is 5.62. The Morgan fingerprint density at radius 1 is 1.58 bits per heavy atom. The highest BCUT2D eigenvalue weighted by Gasteiger charge is 2.18. The van der Waals surface area contributed by atoms with Gasteiger partial charge in [0.2, 0.25) is 0 Å².